The van der Waals surface area contributed by atoms with Crippen molar-refractivity contribution in [3.05, 3.63) is 35.4 Å². The summed E-state index contributed by atoms with van der Waals surface area (Å²) < 4.78 is 0. The minimum absolute atomic E-state index is 0.227. The zero-order chi connectivity index (χ0) is 15.7. The molecule has 3 nitrogen and oxygen atoms in total. The molecule has 0 radical (unpaired) electrons. The third kappa shape index (κ3) is 6.30. The number of rotatable bonds is 9. The molecule has 0 heterocycles. The minimum atomic E-state index is 0.227. The molecule has 1 amide bonds. The lowest BCUT2D eigenvalue weighted by molar-refractivity contribution is -0.130. The molecule has 21 heavy (non-hydrogen) atoms. The monoisotopic (exact) mass is 290 g/mol. The smallest absolute Gasteiger partial charge is 0.222 e. The topological polar surface area (TPSA) is 46.3 Å². The Kier molecular flexibility index (Phi) is 8.06. The van der Waals surface area contributed by atoms with Gasteiger partial charge in [-0.2, -0.15) is 0 Å². The van der Waals surface area contributed by atoms with E-state index < -0.39 is 0 Å². The van der Waals surface area contributed by atoms with Crippen LogP contribution in [0, 0.1) is 5.92 Å². The molecular formula is C18H30N2O. The van der Waals surface area contributed by atoms with Crippen molar-refractivity contribution in [2.45, 2.75) is 52.5 Å². The van der Waals surface area contributed by atoms with Crippen LogP contribution in [-0.4, -0.2) is 24.4 Å². The van der Waals surface area contributed by atoms with E-state index in [4.69, 9.17) is 5.73 Å². The first-order chi connectivity index (χ1) is 10.1. The van der Waals surface area contributed by atoms with Gasteiger partial charge in [0.05, 0.1) is 0 Å². The van der Waals surface area contributed by atoms with E-state index in [1.807, 2.05) is 11.9 Å². The number of aryl methyl sites for hydroxylation is 1. The highest BCUT2D eigenvalue weighted by molar-refractivity contribution is 5.75. The summed E-state index contributed by atoms with van der Waals surface area (Å²) in [6, 6.07) is 8.52. The van der Waals surface area contributed by atoms with Crippen LogP contribution in [0.3, 0.4) is 0 Å². The van der Waals surface area contributed by atoms with E-state index in [2.05, 4.69) is 38.1 Å². The molecule has 0 fully saturated rings. The molecule has 0 aliphatic carbocycles. The second-order valence-corrected chi connectivity index (χ2v) is 5.81. The summed E-state index contributed by atoms with van der Waals surface area (Å²) in [5, 5.41) is 0. The molecule has 0 spiro atoms. The number of nitrogens with zero attached hydrogens (tertiary/aromatic N) is 1. The van der Waals surface area contributed by atoms with Crippen LogP contribution in [0.5, 0.6) is 0 Å². The van der Waals surface area contributed by atoms with Crippen molar-refractivity contribution in [2.75, 3.05) is 13.6 Å². The molecule has 1 rings (SSSR count). The summed E-state index contributed by atoms with van der Waals surface area (Å²) in [5.41, 5.74) is 8.13. The van der Waals surface area contributed by atoms with E-state index in [9.17, 15) is 4.79 Å². The summed E-state index contributed by atoms with van der Waals surface area (Å²) in [6.45, 7) is 5.72. The first kappa shape index (κ1) is 17.7. The van der Waals surface area contributed by atoms with Crippen molar-refractivity contribution in [2.24, 2.45) is 11.7 Å². The molecule has 3 heteroatoms. The largest absolute Gasteiger partial charge is 0.341 e. The summed E-state index contributed by atoms with van der Waals surface area (Å²) >= 11 is 0. The fraction of sp³-hybridized carbons (Fsp3) is 0.611. The van der Waals surface area contributed by atoms with Gasteiger partial charge >= 0.3 is 0 Å². The van der Waals surface area contributed by atoms with Crippen LogP contribution in [0.1, 0.15) is 50.7 Å². The maximum absolute atomic E-state index is 12.2. The second-order valence-electron chi connectivity index (χ2n) is 5.81. The van der Waals surface area contributed by atoms with Gasteiger partial charge in [0.2, 0.25) is 5.91 Å². The van der Waals surface area contributed by atoms with E-state index in [0.29, 0.717) is 25.4 Å². The Labute approximate surface area is 129 Å². The van der Waals surface area contributed by atoms with Crippen molar-refractivity contribution in [1.82, 2.24) is 4.90 Å². The molecule has 0 aromatic heterocycles. The Balaban J connectivity index is 2.42. The summed E-state index contributed by atoms with van der Waals surface area (Å²) in [6.07, 6.45) is 4.75. The lowest BCUT2D eigenvalue weighted by Gasteiger charge is -2.19. The van der Waals surface area contributed by atoms with Crippen molar-refractivity contribution in [1.29, 1.82) is 0 Å². The van der Waals surface area contributed by atoms with Gasteiger partial charge in [-0.1, -0.05) is 44.5 Å². The Morgan fingerprint density at radius 2 is 1.76 bits per heavy atom. The quantitative estimate of drug-likeness (QED) is 0.758. The molecule has 1 unspecified atom stereocenters. The lowest BCUT2D eigenvalue weighted by atomic mass is 9.96. The van der Waals surface area contributed by atoms with Gasteiger partial charge in [0.1, 0.15) is 0 Å². The number of hydrogen-bond acceptors (Lipinski definition) is 2. The van der Waals surface area contributed by atoms with Crippen molar-refractivity contribution < 1.29 is 4.79 Å². The van der Waals surface area contributed by atoms with E-state index in [1.165, 1.54) is 11.1 Å². The normalized spacial score (nSPS) is 12.2. The van der Waals surface area contributed by atoms with Crippen LogP contribution in [0.2, 0.25) is 0 Å². The van der Waals surface area contributed by atoms with Crippen molar-refractivity contribution in [3.8, 4) is 0 Å². The van der Waals surface area contributed by atoms with Gasteiger partial charge < -0.3 is 10.6 Å². The molecular weight excluding hydrogens is 260 g/mol. The highest BCUT2D eigenvalue weighted by atomic mass is 16.2. The predicted octanol–water partition coefficient (Wildman–Crippen LogP) is 3.36. The Morgan fingerprint density at radius 3 is 2.29 bits per heavy atom. The number of hydrogen-bond donors (Lipinski definition) is 1. The fourth-order valence-corrected chi connectivity index (χ4v) is 2.55. The molecule has 0 aliphatic heterocycles. The summed E-state index contributed by atoms with van der Waals surface area (Å²) in [7, 11) is 1.89. The average molecular weight is 290 g/mol. The van der Waals surface area contributed by atoms with Gasteiger partial charge in [-0.25, -0.2) is 0 Å². The molecule has 0 bridgehead atoms. The number of carbonyl (C=O) groups is 1. The SMILES string of the molecule is CCc1ccc(CN(C)C(=O)CCC(CC)CCN)cc1. The van der Waals surface area contributed by atoms with Gasteiger partial charge in [0.15, 0.2) is 0 Å². The molecule has 2 N–H and O–H groups in total. The molecule has 118 valence electrons. The molecule has 0 aliphatic rings. The van der Waals surface area contributed by atoms with Crippen LogP contribution >= 0.6 is 0 Å². The van der Waals surface area contributed by atoms with E-state index in [1.54, 1.807) is 0 Å². The lowest BCUT2D eigenvalue weighted by Crippen LogP contribution is -2.26. The number of amides is 1. The summed E-state index contributed by atoms with van der Waals surface area (Å²) in [4.78, 5) is 14.0. The van der Waals surface area contributed by atoms with Gasteiger partial charge in [0.25, 0.3) is 0 Å². The number of benzene rings is 1. The first-order valence-electron chi connectivity index (χ1n) is 8.12. The van der Waals surface area contributed by atoms with E-state index >= 15 is 0 Å². The molecule has 1 atom stereocenters. The first-order valence-corrected chi connectivity index (χ1v) is 8.12. The number of nitrogens with two attached hydrogens (primary N) is 1. The molecule has 0 saturated heterocycles. The van der Waals surface area contributed by atoms with Crippen LogP contribution in [0.4, 0.5) is 0 Å². The molecule has 1 aromatic rings. The minimum Gasteiger partial charge on any atom is -0.341 e. The summed E-state index contributed by atoms with van der Waals surface area (Å²) in [5.74, 6) is 0.807. The predicted molar refractivity (Wildman–Crippen MR) is 89.0 cm³/mol. The van der Waals surface area contributed by atoms with Crippen LogP contribution in [0.15, 0.2) is 24.3 Å². The third-order valence-electron chi connectivity index (χ3n) is 4.20. The Bertz CT molecular complexity index is 414. The fourth-order valence-electron chi connectivity index (χ4n) is 2.55. The van der Waals surface area contributed by atoms with Crippen molar-refractivity contribution >= 4 is 5.91 Å². The zero-order valence-corrected chi connectivity index (χ0v) is 13.8. The average Bonchev–Trinajstić information content (AvgIpc) is 2.51. The third-order valence-corrected chi connectivity index (χ3v) is 4.20. The van der Waals surface area contributed by atoms with Gasteiger partial charge in [-0.15, -0.1) is 0 Å². The standard InChI is InChI=1S/C18H30N2O/c1-4-15-6-8-17(9-7-15)14-20(3)18(21)11-10-16(5-2)12-13-19/h6-9,16H,4-5,10-14,19H2,1-3H3. The highest BCUT2D eigenvalue weighted by Crippen LogP contribution is 2.16. The van der Waals surface area contributed by atoms with E-state index in [0.717, 1.165) is 25.7 Å². The Hall–Kier alpha value is -1.35. The number of carbonyl (C=O) groups excluding carboxylic acids is 1. The van der Waals surface area contributed by atoms with E-state index in [-0.39, 0.29) is 5.91 Å². The van der Waals surface area contributed by atoms with Gasteiger partial charge in [-0.05, 0) is 42.9 Å². The van der Waals surface area contributed by atoms with Crippen LogP contribution < -0.4 is 5.73 Å². The van der Waals surface area contributed by atoms with Crippen LogP contribution in [0.25, 0.3) is 0 Å². The highest BCUT2D eigenvalue weighted by Gasteiger charge is 2.12. The maximum Gasteiger partial charge on any atom is 0.222 e. The van der Waals surface area contributed by atoms with Gasteiger partial charge in [-0.3, -0.25) is 4.79 Å². The van der Waals surface area contributed by atoms with Crippen molar-refractivity contribution in [3.63, 3.8) is 0 Å². The molecule has 0 saturated carbocycles. The maximum atomic E-state index is 12.2. The molecule has 1 aromatic carbocycles. The second kappa shape index (κ2) is 9.56. The van der Waals surface area contributed by atoms with Crippen LogP contribution in [-0.2, 0) is 17.8 Å². The van der Waals surface area contributed by atoms with Gasteiger partial charge in [0, 0.05) is 20.0 Å². The zero-order valence-electron chi connectivity index (χ0n) is 13.8. The Morgan fingerprint density at radius 1 is 1.14 bits per heavy atom.